The maximum atomic E-state index is 12.1. The SMILES string of the molecule is Cn1cnc(CNC(=O)C2(C)CCCNC2)n1. The van der Waals surface area contributed by atoms with Crippen LogP contribution in [0.5, 0.6) is 0 Å². The number of aryl methyl sites for hydroxylation is 1. The van der Waals surface area contributed by atoms with Crippen molar-refractivity contribution in [3.63, 3.8) is 0 Å². The van der Waals surface area contributed by atoms with Crippen LogP contribution in [-0.2, 0) is 18.4 Å². The van der Waals surface area contributed by atoms with E-state index in [-0.39, 0.29) is 11.3 Å². The molecule has 6 heteroatoms. The number of hydrogen-bond donors (Lipinski definition) is 2. The molecule has 17 heavy (non-hydrogen) atoms. The Morgan fingerprint density at radius 2 is 2.53 bits per heavy atom. The lowest BCUT2D eigenvalue weighted by Crippen LogP contribution is -2.48. The lowest BCUT2D eigenvalue weighted by atomic mass is 9.82. The summed E-state index contributed by atoms with van der Waals surface area (Å²) in [5.74, 6) is 0.727. The van der Waals surface area contributed by atoms with Crippen LogP contribution in [0.1, 0.15) is 25.6 Å². The van der Waals surface area contributed by atoms with Crippen LogP contribution < -0.4 is 10.6 Å². The van der Waals surface area contributed by atoms with Gasteiger partial charge in [-0.3, -0.25) is 9.48 Å². The second kappa shape index (κ2) is 4.83. The number of nitrogens with zero attached hydrogens (tertiary/aromatic N) is 3. The molecular weight excluding hydrogens is 218 g/mol. The van der Waals surface area contributed by atoms with Gasteiger partial charge in [-0.05, 0) is 26.3 Å². The predicted octanol–water partition coefficient (Wildman–Crippen LogP) is -0.179. The topological polar surface area (TPSA) is 71.8 Å². The third-order valence-corrected chi connectivity index (χ3v) is 3.20. The quantitative estimate of drug-likeness (QED) is 0.765. The Labute approximate surface area is 101 Å². The zero-order chi connectivity index (χ0) is 12.3. The first-order valence-corrected chi connectivity index (χ1v) is 5.94. The first-order valence-electron chi connectivity index (χ1n) is 5.94. The molecule has 94 valence electrons. The summed E-state index contributed by atoms with van der Waals surface area (Å²) in [5, 5.41) is 10.3. The molecule has 0 spiro atoms. The fraction of sp³-hybridized carbons (Fsp3) is 0.727. The van der Waals surface area contributed by atoms with Crippen LogP contribution in [0.15, 0.2) is 6.33 Å². The zero-order valence-electron chi connectivity index (χ0n) is 10.4. The number of aromatic nitrogens is 3. The Kier molecular flexibility index (Phi) is 3.42. The van der Waals surface area contributed by atoms with E-state index >= 15 is 0 Å². The van der Waals surface area contributed by atoms with Crippen molar-refractivity contribution in [2.24, 2.45) is 12.5 Å². The Hall–Kier alpha value is -1.43. The van der Waals surface area contributed by atoms with Gasteiger partial charge in [-0.2, -0.15) is 5.10 Å². The third-order valence-electron chi connectivity index (χ3n) is 3.20. The van der Waals surface area contributed by atoms with E-state index in [1.54, 1.807) is 11.0 Å². The first-order chi connectivity index (χ1) is 8.10. The molecule has 0 bridgehead atoms. The smallest absolute Gasteiger partial charge is 0.227 e. The van der Waals surface area contributed by atoms with Gasteiger partial charge in [-0.15, -0.1) is 0 Å². The molecule has 1 aromatic heterocycles. The second-order valence-corrected chi connectivity index (χ2v) is 4.86. The van der Waals surface area contributed by atoms with Gasteiger partial charge in [0.05, 0.1) is 12.0 Å². The van der Waals surface area contributed by atoms with Crippen molar-refractivity contribution in [3.8, 4) is 0 Å². The second-order valence-electron chi connectivity index (χ2n) is 4.86. The number of rotatable bonds is 3. The molecule has 1 aliphatic heterocycles. The molecule has 0 saturated carbocycles. The largest absolute Gasteiger partial charge is 0.348 e. The van der Waals surface area contributed by atoms with E-state index in [1.807, 2.05) is 14.0 Å². The van der Waals surface area contributed by atoms with Crippen LogP contribution in [0.2, 0.25) is 0 Å². The standard InChI is InChI=1S/C11H19N5O/c1-11(4-3-5-12-7-11)10(17)13-6-9-14-8-16(2)15-9/h8,12H,3-7H2,1-2H3,(H,13,17). The van der Waals surface area contributed by atoms with Gasteiger partial charge in [0.2, 0.25) is 5.91 Å². The minimum absolute atomic E-state index is 0.0807. The number of carbonyl (C=O) groups excluding carboxylic acids is 1. The summed E-state index contributed by atoms with van der Waals surface area (Å²) in [6.07, 6.45) is 3.61. The van der Waals surface area contributed by atoms with Crippen LogP contribution in [0.3, 0.4) is 0 Å². The maximum Gasteiger partial charge on any atom is 0.227 e. The molecule has 1 saturated heterocycles. The van der Waals surface area contributed by atoms with Crippen LogP contribution in [0.4, 0.5) is 0 Å². The average Bonchev–Trinajstić information content (AvgIpc) is 2.73. The minimum atomic E-state index is -0.299. The number of amides is 1. The lowest BCUT2D eigenvalue weighted by molar-refractivity contribution is -0.131. The van der Waals surface area contributed by atoms with Gasteiger partial charge < -0.3 is 10.6 Å². The zero-order valence-corrected chi connectivity index (χ0v) is 10.4. The average molecular weight is 237 g/mol. The number of piperidine rings is 1. The van der Waals surface area contributed by atoms with Crippen LogP contribution in [-0.4, -0.2) is 33.8 Å². The van der Waals surface area contributed by atoms with Gasteiger partial charge in [0, 0.05) is 13.6 Å². The summed E-state index contributed by atoms with van der Waals surface area (Å²) in [6.45, 7) is 4.15. The molecule has 1 unspecified atom stereocenters. The van der Waals surface area contributed by atoms with Crippen molar-refractivity contribution in [1.29, 1.82) is 0 Å². The highest BCUT2D eigenvalue weighted by atomic mass is 16.2. The van der Waals surface area contributed by atoms with Crippen molar-refractivity contribution < 1.29 is 4.79 Å². The summed E-state index contributed by atoms with van der Waals surface area (Å²) in [6, 6.07) is 0. The molecule has 2 heterocycles. The van der Waals surface area contributed by atoms with E-state index in [4.69, 9.17) is 0 Å². The predicted molar refractivity (Wildman–Crippen MR) is 63.1 cm³/mol. The molecule has 0 aliphatic carbocycles. The van der Waals surface area contributed by atoms with E-state index < -0.39 is 0 Å². The van der Waals surface area contributed by atoms with Crippen molar-refractivity contribution in [3.05, 3.63) is 12.2 Å². The number of carbonyl (C=O) groups is 1. The first kappa shape index (κ1) is 12.0. The molecule has 0 radical (unpaired) electrons. The Morgan fingerprint density at radius 3 is 3.12 bits per heavy atom. The summed E-state index contributed by atoms with van der Waals surface area (Å²) < 4.78 is 1.63. The number of nitrogens with one attached hydrogen (secondary N) is 2. The Morgan fingerprint density at radius 1 is 1.71 bits per heavy atom. The normalized spacial score (nSPS) is 24.6. The van der Waals surface area contributed by atoms with E-state index in [9.17, 15) is 4.79 Å². The summed E-state index contributed by atoms with van der Waals surface area (Å²) >= 11 is 0. The highest BCUT2D eigenvalue weighted by molar-refractivity contribution is 5.82. The van der Waals surface area contributed by atoms with Gasteiger partial charge in [-0.25, -0.2) is 4.98 Å². The van der Waals surface area contributed by atoms with Crippen LogP contribution >= 0.6 is 0 Å². The Balaban J connectivity index is 1.88. The molecule has 1 fully saturated rings. The third kappa shape index (κ3) is 2.82. The molecule has 2 rings (SSSR count). The monoisotopic (exact) mass is 237 g/mol. The molecule has 1 amide bonds. The van der Waals surface area contributed by atoms with E-state index in [0.29, 0.717) is 12.4 Å². The van der Waals surface area contributed by atoms with Gasteiger partial charge in [-0.1, -0.05) is 0 Å². The van der Waals surface area contributed by atoms with Gasteiger partial charge in [0.25, 0.3) is 0 Å². The van der Waals surface area contributed by atoms with Gasteiger partial charge in [0.1, 0.15) is 6.33 Å². The van der Waals surface area contributed by atoms with Crippen molar-refractivity contribution in [1.82, 2.24) is 25.4 Å². The van der Waals surface area contributed by atoms with E-state index in [0.717, 1.165) is 25.9 Å². The van der Waals surface area contributed by atoms with E-state index in [1.165, 1.54) is 0 Å². The summed E-state index contributed by atoms with van der Waals surface area (Å²) in [5.41, 5.74) is -0.299. The van der Waals surface area contributed by atoms with Gasteiger partial charge >= 0.3 is 0 Å². The fourth-order valence-corrected chi connectivity index (χ4v) is 2.09. The van der Waals surface area contributed by atoms with Crippen molar-refractivity contribution in [2.45, 2.75) is 26.3 Å². The van der Waals surface area contributed by atoms with Crippen LogP contribution in [0.25, 0.3) is 0 Å². The van der Waals surface area contributed by atoms with E-state index in [2.05, 4.69) is 20.7 Å². The minimum Gasteiger partial charge on any atom is -0.348 e. The molecule has 0 aromatic carbocycles. The molecule has 1 aromatic rings. The molecule has 1 atom stereocenters. The van der Waals surface area contributed by atoms with Crippen LogP contribution in [0, 0.1) is 5.41 Å². The molecule has 1 aliphatic rings. The maximum absolute atomic E-state index is 12.1. The van der Waals surface area contributed by atoms with Crippen molar-refractivity contribution in [2.75, 3.05) is 13.1 Å². The Bertz CT molecular complexity index is 394. The molecule has 2 N–H and O–H groups in total. The summed E-state index contributed by atoms with van der Waals surface area (Å²) in [4.78, 5) is 16.2. The highest BCUT2D eigenvalue weighted by Gasteiger charge is 2.34. The van der Waals surface area contributed by atoms with Gasteiger partial charge in [0.15, 0.2) is 5.82 Å². The molecular formula is C11H19N5O. The summed E-state index contributed by atoms with van der Waals surface area (Å²) in [7, 11) is 1.81. The molecule has 6 nitrogen and oxygen atoms in total. The highest BCUT2D eigenvalue weighted by Crippen LogP contribution is 2.25. The fourth-order valence-electron chi connectivity index (χ4n) is 2.09. The lowest BCUT2D eigenvalue weighted by Gasteiger charge is -2.32. The van der Waals surface area contributed by atoms with Crippen molar-refractivity contribution >= 4 is 5.91 Å². The number of hydrogen-bond acceptors (Lipinski definition) is 4.